The molecule has 2 aromatic carbocycles. The van der Waals surface area contributed by atoms with Crippen LogP contribution in [0.25, 0.3) is 0 Å². The maximum atomic E-state index is 12.5. The van der Waals surface area contributed by atoms with Gasteiger partial charge >= 0.3 is 6.61 Å². The molecule has 0 aliphatic heterocycles. The van der Waals surface area contributed by atoms with E-state index in [1.165, 1.54) is 26.2 Å². The molecule has 2 N–H and O–H groups in total. The predicted molar refractivity (Wildman–Crippen MR) is 97.8 cm³/mol. The van der Waals surface area contributed by atoms with Crippen molar-refractivity contribution in [3.05, 3.63) is 48.0 Å². The van der Waals surface area contributed by atoms with Crippen molar-refractivity contribution in [1.29, 1.82) is 0 Å². The van der Waals surface area contributed by atoms with Crippen LogP contribution in [-0.2, 0) is 4.79 Å². The summed E-state index contributed by atoms with van der Waals surface area (Å²) in [5, 5.41) is 5.60. The van der Waals surface area contributed by atoms with Gasteiger partial charge in [0.15, 0.2) is 17.3 Å². The highest BCUT2D eigenvalue weighted by Gasteiger charge is 2.16. The van der Waals surface area contributed by atoms with Gasteiger partial charge in [-0.1, -0.05) is 12.1 Å². The predicted octanol–water partition coefficient (Wildman–Crippen LogP) is 3.94. The number of carbonyl (C=O) groups excluding carboxylic acids is 2. The summed E-state index contributed by atoms with van der Waals surface area (Å²) in [6.07, 6.45) is 0. The molecule has 144 valence electrons. The van der Waals surface area contributed by atoms with Gasteiger partial charge in [-0.3, -0.25) is 9.59 Å². The molecule has 0 saturated carbocycles. The summed E-state index contributed by atoms with van der Waals surface area (Å²) < 4.78 is 34.4. The number of ketones is 1. The fourth-order valence-corrected chi connectivity index (χ4v) is 2.34. The molecule has 1 atom stereocenters. The normalized spacial score (nSPS) is 11.6. The Bertz CT molecular complexity index is 827. The summed E-state index contributed by atoms with van der Waals surface area (Å²) in [6.45, 7) is 0.0546. The molecule has 0 aliphatic carbocycles. The SMILES string of the molecule is COc1ccc(N[C@@H](C)C(=O)Nc2cccc(C(C)=O)c2)cc1OC(F)F. The molecule has 2 aromatic rings. The van der Waals surface area contributed by atoms with E-state index < -0.39 is 12.7 Å². The first-order valence-electron chi connectivity index (χ1n) is 8.11. The van der Waals surface area contributed by atoms with Gasteiger partial charge in [0.05, 0.1) is 7.11 Å². The molecule has 2 rings (SSSR count). The lowest BCUT2D eigenvalue weighted by Crippen LogP contribution is -2.31. The number of hydrogen-bond donors (Lipinski definition) is 2. The number of halogens is 2. The summed E-state index contributed by atoms with van der Waals surface area (Å²) in [6, 6.07) is 10.2. The van der Waals surface area contributed by atoms with Crippen molar-refractivity contribution in [3.8, 4) is 11.5 Å². The molecular weight excluding hydrogens is 358 g/mol. The molecule has 0 heterocycles. The summed E-state index contributed by atoms with van der Waals surface area (Å²) in [5.41, 5.74) is 1.38. The number of benzene rings is 2. The molecular formula is C19H20F2N2O4. The van der Waals surface area contributed by atoms with E-state index in [1.807, 2.05) is 0 Å². The number of methoxy groups -OCH3 is 1. The van der Waals surface area contributed by atoms with Crippen molar-refractivity contribution in [2.45, 2.75) is 26.5 Å². The standard InChI is InChI=1S/C19H20F2N2O4/c1-11(18(25)23-14-6-4-5-13(9-14)12(2)24)22-15-7-8-16(26-3)17(10-15)27-19(20)21/h4-11,19,22H,1-3H3,(H,23,25)/t11-/m0/s1. The first-order valence-corrected chi connectivity index (χ1v) is 8.11. The van der Waals surface area contributed by atoms with E-state index in [1.54, 1.807) is 37.3 Å². The van der Waals surface area contributed by atoms with Crippen LogP contribution in [0, 0.1) is 0 Å². The molecule has 0 radical (unpaired) electrons. The maximum Gasteiger partial charge on any atom is 0.387 e. The molecule has 0 aliphatic rings. The highest BCUT2D eigenvalue weighted by Crippen LogP contribution is 2.31. The van der Waals surface area contributed by atoms with Crippen LogP contribution in [0.15, 0.2) is 42.5 Å². The number of carbonyl (C=O) groups is 2. The van der Waals surface area contributed by atoms with Crippen molar-refractivity contribution in [1.82, 2.24) is 0 Å². The number of alkyl halides is 2. The van der Waals surface area contributed by atoms with Crippen LogP contribution in [0.3, 0.4) is 0 Å². The monoisotopic (exact) mass is 378 g/mol. The minimum absolute atomic E-state index is 0.109. The number of anilines is 2. The van der Waals surface area contributed by atoms with Crippen LogP contribution >= 0.6 is 0 Å². The maximum absolute atomic E-state index is 12.5. The molecule has 27 heavy (non-hydrogen) atoms. The van der Waals surface area contributed by atoms with Crippen LogP contribution in [0.2, 0.25) is 0 Å². The van der Waals surface area contributed by atoms with Gasteiger partial charge in [0.2, 0.25) is 5.91 Å². The summed E-state index contributed by atoms with van der Waals surface area (Å²) >= 11 is 0. The van der Waals surface area contributed by atoms with Gasteiger partial charge in [-0.15, -0.1) is 0 Å². The second-order valence-electron chi connectivity index (χ2n) is 5.74. The van der Waals surface area contributed by atoms with E-state index in [9.17, 15) is 18.4 Å². The number of nitrogens with one attached hydrogen (secondary N) is 2. The summed E-state index contributed by atoms with van der Waals surface area (Å²) in [7, 11) is 1.34. The second-order valence-corrected chi connectivity index (χ2v) is 5.74. The van der Waals surface area contributed by atoms with Gasteiger partial charge in [0.1, 0.15) is 6.04 Å². The van der Waals surface area contributed by atoms with Gasteiger partial charge < -0.3 is 20.1 Å². The van der Waals surface area contributed by atoms with E-state index in [2.05, 4.69) is 15.4 Å². The van der Waals surface area contributed by atoms with Gasteiger partial charge in [-0.2, -0.15) is 8.78 Å². The lowest BCUT2D eigenvalue weighted by atomic mass is 10.1. The lowest BCUT2D eigenvalue weighted by Gasteiger charge is -2.17. The number of rotatable bonds is 8. The van der Waals surface area contributed by atoms with Gasteiger partial charge in [-0.25, -0.2) is 0 Å². The fraction of sp³-hybridized carbons (Fsp3) is 0.263. The Morgan fingerprint density at radius 1 is 1.04 bits per heavy atom. The Labute approximate surface area is 155 Å². The topological polar surface area (TPSA) is 76.7 Å². The zero-order chi connectivity index (χ0) is 20.0. The molecule has 0 fully saturated rings. The minimum Gasteiger partial charge on any atom is -0.493 e. The van der Waals surface area contributed by atoms with Crippen LogP contribution in [0.4, 0.5) is 20.2 Å². The molecule has 8 heteroatoms. The third-order valence-corrected chi connectivity index (χ3v) is 3.69. The van der Waals surface area contributed by atoms with Crippen molar-refractivity contribution >= 4 is 23.1 Å². The molecule has 0 bridgehead atoms. The van der Waals surface area contributed by atoms with Gasteiger partial charge in [-0.05, 0) is 38.1 Å². The van der Waals surface area contributed by atoms with Gasteiger partial charge in [0.25, 0.3) is 0 Å². The largest absolute Gasteiger partial charge is 0.493 e. The third-order valence-electron chi connectivity index (χ3n) is 3.69. The highest BCUT2D eigenvalue weighted by molar-refractivity contribution is 5.99. The van der Waals surface area contributed by atoms with E-state index in [-0.39, 0.29) is 23.2 Å². The molecule has 0 aromatic heterocycles. The Kier molecular flexibility index (Phi) is 6.70. The highest BCUT2D eigenvalue weighted by atomic mass is 19.3. The average Bonchev–Trinajstić information content (AvgIpc) is 2.61. The zero-order valence-electron chi connectivity index (χ0n) is 15.1. The molecule has 0 spiro atoms. The van der Waals surface area contributed by atoms with E-state index in [4.69, 9.17) is 4.74 Å². The van der Waals surface area contributed by atoms with Crippen LogP contribution in [-0.4, -0.2) is 31.5 Å². The van der Waals surface area contributed by atoms with Gasteiger partial charge in [0, 0.05) is 23.0 Å². The van der Waals surface area contributed by atoms with Crippen LogP contribution in [0.5, 0.6) is 11.5 Å². The fourth-order valence-electron chi connectivity index (χ4n) is 2.34. The number of Topliss-reactive ketones (excluding diaryl/α,β-unsaturated/α-hetero) is 1. The smallest absolute Gasteiger partial charge is 0.387 e. The van der Waals surface area contributed by atoms with Crippen LogP contribution in [0.1, 0.15) is 24.2 Å². The summed E-state index contributed by atoms with van der Waals surface area (Å²) in [4.78, 5) is 23.8. The van der Waals surface area contributed by atoms with Crippen LogP contribution < -0.4 is 20.1 Å². The van der Waals surface area contributed by atoms with E-state index in [0.717, 1.165) is 0 Å². The minimum atomic E-state index is -3.00. The summed E-state index contributed by atoms with van der Waals surface area (Å²) in [5.74, 6) is -0.455. The Balaban J connectivity index is 2.07. The Morgan fingerprint density at radius 2 is 1.78 bits per heavy atom. The number of hydrogen-bond acceptors (Lipinski definition) is 5. The molecule has 6 nitrogen and oxygen atoms in total. The van der Waals surface area contributed by atoms with E-state index >= 15 is 0 Å². The first kappa shape index (κ1) is 20.2. The molecule has 0 saturated heterocycles. The third kappa shape index (κ3) is 5.67. The average molecular weight is 378 g/mol. The van der Waals surface area contributed by atoms with Crippen molar-refractivity contribution in [2.75, 3.05) is 17.7 Å². The molecule has 0 unspecified atom stereocenters. The molecule has 1 amide bonds. The Morgan fingerprint density at radius 3 is 2.41 bits per heavy atom. The second kappa shape index (κ2) is 8.98. The number of ether oxygens (including phenoxy) is 2. The number of amides is 1. The Hall–Kier alpha value is -3.16. The first-order chi connectivity index (χ1) is 12.8. The lowest BCUT2D eigenvalue weighted by molar-refractivity contribution is -0.116. The van der Waals surface area contributed by atoms with Crippen molar-refractivity contribution < 1.29 is 27.8 Å². The van der Waals surface area contributed by atoms with Crippen molar-refractivity contribution in [3.63, 3.8) is 0 Å². The quantitative estimate of drug-likeness (QED) is 0.681. The van der Waals surface area contributed by atoms with E-state index in [0.29, 0.717) is 16.9 Å². The van der Waals surface area contributed by atoms with Crippen molar-refractivity contribution in [2.24, 2.45) is 0 Å². The zero-order valence-corrected chi connectivity index (χ0v) is 15.1.